The maximum absolute atomic E-state index is 12.9. The summed E-state index contributed by atoms with van der Waals surface area (Å²) in [4.78, 5) is 42.3. The van der Waals surface area contributed by atoms with Crippen molar-refractivity contribution < 1.29 is 19.1 Å². The molecule has 0 aromatic heterocycles. The first-order valence-electron chi connectivity index (χ1n) is 8.80. The molecule has 0 aromatic rings. The number of hydrogen-bond acceptors (Lipinski definition) is 5. The molecule has 2 rings (SSSR count). The van der Waals surface area contributed by atoms with Crippen molar-refractivity contribution in [3.05, 3.63) is 0 Å². The molecular formula is C17H29N3O4S. The molecule has 0 saturated carbocycles. The molecular weight excluding hydrogens is 342 g/mol. The molecule has 142 valence electrons. The summed E-state index contributed by atoms with van der Waals surface area (Å²) in [6, 6.07) is -0.381. The summed E-state index contributed by atoms with van der Waals surface area (Å²) in [7, 11) is 0. The van der Waals surface area contributed by atoms with Crippen LogP contribution in [0, 0.1) is 5.41 Å². The van der Waals surface area contributed by atoms with Gasteiger partial charge in [-0.25, -0.2) is 4.79 Å². The van der Waals surface area contributed by atoms with Gasteiger partial charge in [0.05, 0.1) is 12.5 Å². The number of amides is 3. The Morgan fingerprint density at radius 1 is 1.08 bits per heavy atom. The molecule has 0 aromatic carbocycles. The summed E-state index contributed by atoms with van der Waals surface area (Å²) in [5.74, 6) is 1.26. The van der Waals surface area contributed by atoms with Crippen LogP contribution in [0.25, 0.3) is 0 Å². The van der Waals surface area contributed by atoms with E-state index in [2.05, 4.69) is 0 Å². The van der Waals surface area contributed by atoms with Crippen LogP contribution in [0.15, 0.2) is 0 Å². The van der Waals surface area contributed by atoms with Gasteiger partial charge in [-0.2, -0.15) is 0 Å². The third kappa shape index (κ3) is 5.26. The van der Waals surface area contributed by atoms with E-state index in [1.807, 2.05) is 20.8 Å². The van der Waals surface area contributed by atoms with Crippen LogP contribution >= 0.6 is 11.8 Å². The molecule has 3 amide bonds. The molecule has 1 atom stereocenters. The van der Waals surface area contributed by atoms with Crippen molar-refractivity contribution in [1.29, 1.82) is 0 Å². The van der Waals surface area contributed by atoms with Crippen molar-refractivity contribution in [3.63, 3.8) is 0 Å². The van der Waals surface area contributed by atoms with Crippen molar-refractivity contribution in [2.75, 3.05) is 44.4 Å². The maximum Gasteiger partial charge on any atom is 0.409 e. The topological polar surface area (TPSA) is 70.2 Å². The lowest BCUT2D eigenvalue weighted by Crippen LogP contribution is -2.56. The predicted molar refractivity (Wildman–Crippen MR) is 97.2 cm³/mol. The van der Waals surface area contributed by atoms with Gasteiger partial charge in [-0.15, -0.1) is 11.8 Å². The Morgan fingerprint density at radius 3 is 2.24 bits per heavy atom. The molecule has 0 radical (unpaired) electrons. The van der Waals surface area contributed by atoms with E-state index in [4.69, 9.17) is 4.74 Å². The smallest absolute Gasteiger partial charge is 0.409 e. The average Bonchev–Trinajstić information content (AvgIpc) is 3.02. The van der Waals surface area contributed by atoms with Crippen molar-refractivity contribution in [1.82, 2.24) is 14.7 Å². The molecule has 8 heteroatoms. The molecule has 0 aliphatic carbocycles. The Bertz CT molecular complexity index is 513. The standard InChI is InChI=1S/C17H29N3O4S/c1-5-24-16(23)19-8-6-18(7-9-19)15(22)13-11-25-12-20(13)14(21)10-17(2,3)4/h13H,5-12H2,1-4H3. The molecule has 2 saturated heterocycles. The molecule has 7 nitrogen and oxygen atoms in total. The van der Waals surface area contributed by atoms with E-state index in [0.717, 1.165) is 0 Å². The first-order valence-corrected chi connectivity index (χ1v) is 9.96. The molecule has 2 aliphatic heterocycles. The largest absolute Gasteiger partial charge is 0.450 e. The number of hydrogen-bond donors (Lipinski definition) is 0. The first kappa shape index (κ1) is 19.9. The monoisotopic (exact) mass is 371 g/mol. The second-order valence-electron chi connectivity index (χ2n) is 7.63. The number of rotatable bonds is 3. The van der Waals surface area contributed by atoms with Crippen molar-refractivity contribution in [3.8, 4) is 0 Å². The SMILES string of the molecule is CCOC(=O)N1CCN(C(=O)C2CSCN2C(=O)CC(C)(C)C)CC1. The predicted octanol–water partition coefficient (Wildman–Crippen LogP) is 1.62. The summed E-state index contributed by atoms with van der Waals surface area (Å²) >= 11 is 1.62. The zero-order valence-electron chi connectivity index (χ0n) is 15.6. The van der Waals surface area contributed by atoms with Crippen LogP contribution in [0.5, 0.6) is 0 Å². The fourth-order valence-electron chi connectivity index (χ4n) is 2.98. The number of piperazine rings is 1. The van der Waals surface area contributed by atoms with Gasteiger partial charge in [0, 0.05) is 38.4 Å². The highest BCUT2D eigenvalue weighted by atomic mass is 32.2. The minimum absolute atomic E-state index is 0.00392. The molecule has 2 fully saturated rings. The third-order valence-electron chi connectivity index (χ3n) is 4.29. The Kier molecular flexibility index (Phi) is 6.59. The third-order valence-corrected chi connectivity index (χ3v) is 5.30. The molecule has 0 N–H and O–H groups in total. The molecule has 0 spiro atoms. The van der Waals surface area contributed by atoms with Crippen molar-refractivity contribution in [2.24, 2.45) is 5.41 Å². The quantitative estimate of drug-likeness (QED) is 0.754. The zero-order valence-corrected chi connectivity index (χ0v) is 16.4. The van der Waals surface area contributed by atoms with Crippen LogP contribution in [0.3, 0.4) is 0 Å². The molecule has 1 unspecified atom stereocenters. The minimum Gasteiger partial charge on any atom is -0.450 e. The maximum atomic E-state index is 12.9. The van der Waals surface area contributed by atoms with Gasteiger partial charge in [-0.3, -0.25) is 9.59 Å². The Balaban J connectivity index is 1.92. The van der Waals surface area contributed by atoms with Gasteiger partial charge in [0.1, 0.15) is 6.04 Å². The fourth-order valence-corrected chi connectivity index (χ4v) is 4.16. The second-order valence-corrected chi connectivity index (χ2v) is 8.63. The van der Waals surface area contributed by atoms with Gasteiger partial charge in [0.25, 0.3) is 0 Å². The van der Waals surface area contributed by atoms with Crippen LogP contribution in [-0.2, 0) is 14.3 Å². The van der Waals surface area contributed by atoms with E-state index in [1.165, 1.54) is 0 Å². The first-order chi connectivity index (χ1) is 11.7. The van der Waals surface area contributed by atoms with Gasteiger partial charge in [-0.05, 0) is 12.3 Å². The van der Waals surface area contributed by atoms with Crippen molar-refractivity contribution in [2.45, 2.75) is 40.2 Å². The zero-order chi connectivity index (χ0) is 18.6. The Morgan fingerprint density at radius 2 is 1.68 bits per heavy atom. The van der Waals surface area contributed by atoms with E-state index in [-0.39, 0.29) is 29.4 Å². The van der Waals surface area contributed by atoms with Gasteiger partial charge in [0.15, 0.2) is 0 Å². The van der Waals surface area contributed by atoms with E-state index < -0.39 is 0 Å². The number of thioether (sulfide) groups is 1. The van der Waals surface area contributed by atoms with E-state index in [1.54, 1.807) is 33.4 Å². The number of carbonyl (C=O) groups is 3. The van der Waals surface area contributed by atoms with E-state index >= 15 is 0 Å². The highest BCUT2D eigenvalue weighted by Gasteiger charge is 2.39. The lowest BCUT2D eigenvalue weighted by Gasteiger charge is -2.36. The molecule has 2 aliphatic rings. The number of carbonyl (C=O) groups excluding carboxylic acids is 3. The van der Waals surface area contributed by atoms with Crippen LogP contribution in [-0.4, -0.2) is 83.1 Å². The summed E-state index contributed by atoms with van der Waals surface area (Å²) in [5, 5.41) is 0. The summed E-state index contributed by atoms with van der Waals surface area (Å²) < 4.78 is 5.00. The molecule has 25 heavy (non-hydrogen) atoms. The Hall–Kier alpha value is -1.44. The summed E-state index contributed by atoms with van der Waals surface area (Å²) in [6.07, 6.45) is 0.113. The highest BCUT2D eigenvalue weighted by Crippen LogP contribution is 2.27. The van der Waals surface area contributed by atoms with E-state index in [0.29, 0.717) is 50.8 Å². The van der Waals surface area contributed by atoms with Gasteiger partial charge < -0.3 is 19.4 Å². The lowest BCUT2D eigenvalue weighted by molar-refractivity contribution is -0.145. The normalized spacial score (nSPS) is 21.4. The average molecular weight is 372 g/mol. The summed E-state index contributed by atoms with van der Waals surface area (Å²) in [6.45, 7) is 10.1. The van der Waals surface area contributed by atoms with Crippen LogP contribution in [0.1, 0.15) is 34.1 Å². The lowest BCUT2D eigenvalue weighted by atomic mass is 9.91. The van der Waals surface area contributed by atoms with Gasteiger partial charge in [-0.1, -0.05) is 20.8 Å². The minimum atomic E-state index is -0.381. The van der Waals surface area contributed by atoms with Crippen LogP contribution in [0.2, 0.25) is 0 Å². The van der Waals surface area contributed by atoms with Gasteiger partial charge in [0.2, 0.25) is 11.8 Å². The molecule has 2 heterocycles. The fraction of sp³-hybridized carbons (Fsp3) is 0.824. The van der Waals surface area contributed by atoms with Crippen molar-refractivity contribution >= 4 is 29.7 Å². The molecule has 0 bridgehead atoms. The summed E-state index contributed by atoms with van der Waals surface area (Å²) in [5.41, 5.74) is -0.0940. The van der Waals surface area contributed by atoms with Crippen LogP contribution in [0.4, 0.5) is 4.79 Å². The van der Waals surface area contributed by atoms with Crippen LogP contribution < -0.4 is 0 Å². The Labute approximate surface area is 154 Å². The number of nitrogens with zero attached hydrogens (tertiary/aromatic N) is 3. The second kappa shape index (κ2) is 8.29. The van der Waals surface area contributed by atoms with Gasteiger partial charge >= 0.3 is 6.09 Å². The highest BCUT2D eigenvalue weighted by molar-refractivity contribution is 7.99. The number of ether oxygens (including phenoxy) is 1. The van der Waals surface area contributed by atoms with E-state index in [9.17, 15) is 14.4 Å².